The van der Waals surface area contributed by atoms with Crippen molar-refractivity contribution in [3.8, 4) is 12.3 Å². The standard InChI is InChI=1S/C35H37BrN2O2SSi/c1-7-35(6,25-18-20-26(36)21-19-25)30-24-41-32(37-30)38-31(39)34(5)22-27(23-34)40-42(33(2,3)4,28-14-10-8-11-15-28)29-16-12-9-13-17-29/h1,8-21,24,27H,22-23H2,2-6H3,(H,37,38,39). The van der Waals surface area contributed by atoms with E-state index in [1.165, 1.54) is 21.7 Å². The van der Waals surface area contributed by atoms with Crippen molar-refractivity contribution in [2.75, 3.05) is 5.32 Å². The summed E-state index contributed by atoms with van der Waals surface area (Å²) in [7, 11) is -2.68. The number of amides is 1. The summed E-state index contributed by atoms with van der Waals surface area (Å²) in [6.45, 7) is 10.8. The SMILES string of the molecule is C#CC(C)(c1ccc(Br)cc1)c1csc(NC(=O)C2(C)CC(O[Si](c3ccccc3)(c3ccccc3)C(C)(C)C)C2)n1. The van der Waals surface area contributed by atoms with Crippen molar-refractivity contribution in [3.05, 3.63) is 106 Å². The fourth-order valence-electron chi connectivity index (χ4n) is 6.05. The number of aromatic nitrogens is 1. The van der Waals surface area contributed by atoms with E-state index in [1.807, 2.05) is 43.5 Å². The number of rotatable bonds is 8. The quantitative estimate of drug-likeness (QED) is 0.158. The van der Waals surface area contributed by atoms with Gasteiger partial charge in [0.2, 0.25) is 5.91 Å². The predicted molar refractivity (Wildman–Crippen MR) is 180 cm³/mol. The Bertz CT molecular complexity index is 1550. The van der Waals surface area contributed by atoms with Gasteiger partial charge in [0, 0.05) is 16.0 Å². The van der Waals surface area contributed by atoms with Crippen molar-refractivity contribution in [2.45, 2.75) is 64.0 Å². The van der Waals surface area contributed by atoms with Gasteiger partial charge in [0.25, 0.3) is 8.32 Å². The minimum atomic E-state index is -2.68. The molecule has 3 aromatic carbocycles. The second kappa shape index (κ2) is 11.6. The second-order valence-corrected chi connectivity index (χ2v) is 18.7. The van der Waals surface area contributed by atoms with Crippen molar-refractivity contribution >= 4 is 57.0 Å². The highest BCUT2D eigenvalue weighted by molar-refractivity contribution is 9.10. The van der Waals surface area contributed by atoms with Crippen LogP contribution in [-0.4, -0.2) is 25.3 Å². The van der Waals surface area contributed by atoms with E-state index < -0.39 is 19.1 Å². The minimum absolute atomic E-state index is 0.0129. The molecule has 7 heteroatoms. The van der Waals surface area contributed by atoms with Gasteiger partial charge in [0.05, 0.1) is 16.5 Å². The maximum atomic E-state index is 13.6. The number of carbonyl (C=O) groups is 1. The molecule has 0 saturated heterocycles. The molecule has 216 valence electrons. The molecule has 1 saturated carbocycles. The van der Waals surface area contributed by atoms with Crippen molar-refractivity contribution in [1.82, 2.24) is 4.98 Å². The van der Waals surface area contributed by atoms with E-state index >= 15 is 0 Å². The molecule has 1 unspecified atom stereocenters. The highest BCUT2D eigenvalue weighted by Crippen LogP contribution is 2.47. The number of carbonyl (C=O) groups excluding carboxylic acids is 1. The first kappa shape index (κ1) is 30.4. The van der Waals surface area contributed by atoms with E-state index in [0.717, 1.165) is 15.7 Å². The predicted octanol–water partition coefficient (Wildman–Crippen LogP) is 7.53. The summed E-state index contributed by atoms with van der Waals surface area (Å²) in [5, 5.41) is 7.98. The molecule has 1 amide bonds. The van der Waals surface area contributed by atoms with Gasteiger partial charge in [0.1, 0.15) is 0 Å². The number of hydrogen-bond acceptors (Lipinski definition) is 4. The van der Waals surface area contributed by atoms with Gasteiger partial charge < -0.3 is 9.74 Å². The van der Waals surface area contributed by atoms with E-state index in [9.17, 15) is 4.79 Å². The van der Waals surface area contributed by atoms with Crippen molar-refractivity contribution < 1.29 is 9.22 Å². The van der Waals surface area contributed by atoms with Crippen molar-refractivity contribution in [3.63, 3.8) is 0 Å². The first-order valence-corrected chi connectivity index (χ1v) is 17.8. The topological polar surface area (TPSA) is 51.2 Å². The molecule has 1 aromatic heterocycles. The Hall–Kier alpha value is -3.02. The van der Waals surface area contributed by atoms with E-state index in [1.54, 1.807) is 0 Å². The van der Waals surface area contributed by atoms with Gasteiger partial charge in [-0.05, 0) is 52.9 Å². The molecule has 1 atom stereocenters. The zero-order chi connectivity index (χ0) is 30.2. The molecule has 1 heterocycles. The number of nitrogens with one attached hydrogen (secondary N) is 1. The monoisotopic (exact) mass is 656 g/mol. The van der Waals surface area contributed by atoms with Gasteiger partial charge >= 0.3 is 0 Å². The molecule has 0 bridgehead atoms. The molecule has 4 nitrogen and oxygen atoms in total. The highest BCUT2D eigenvalue weighted by atomic mass is 79.9. The first-order valence-electron chi connectivity index (χ1n) is 14.2. The Balaban J connectivity index is 1.33. The Morgan fingerprint density at radius 1 is 1.00 bits per heavy atom. The summed E-state index contributed by atoms with van der Waals surface area (Å²) < 4.78 is 8.24. The minimum Gasteiger partial charge on any atom is -0.404 e. The normalized spacial score (nSPS) is 20.2. The maximum Gasteiger partial charge on any atom is 0.261 e. The molecule has 1 N–H and O–H groups in total. The van der Waals surface area contributed by atoms with Crippen LogP contribution in [0.1, 0.15) is 58.7 Å². The fourth-order valence-corrected chi connectivity index (χ4v) is 11.8. The molecular formula is C35H37BrN2O2SSi. The number of halogens is 1. The number of terminal acetylenes is 1. The molecule has 1 fully saturated rings. The van der Waals surface area contributed by atoms with Gasteiger partial charge in [-0.3, -0.25) is 4.79 Å². The number of benzene rings is 3. The van der Waals surface area contributed by atoms with Gasteiger partial charge in [-0.15, -0.1) is 17.8 Å². The summed E-state index contributed by atoms with van der Waals surface area (Å²) >= 11 is 4.89. The maximum absolute atomic E-state index is 13.6. The fraction of sp³-hybridized carbons (Fsp3) is 0.314. The third-order valence-corrected chi connectivity index (χ3v) is 15.0. The molecule has 1 aliphatic carbocycles. The third-order valence-electron chi connectivity index (χ3n) is 8.61. The molecule has 42 heavy (non-hydrogen) atoms. The third kappa shape index (κ3) is 5.54. The van der Waals surface area contributed by atoms with Crippen LogP contribution in [0.5, 0.6) is 0 Å². The van der Waals surface area contributed by atoms with E-state index in [0.29, 0.717) is 18.0 Å². The lowest BCUT2D eigenvalue weighted by atomic mass is 9.68. The van der Waals surface area contributed by atoms with Gasteiger partial charge in [-0.2, -0.15) is 0 Å². The number of hydrogen-bond donors (Lipinski definition) is 1. The van der Waals surface area contributed by atoms with E-state index in [-0.39, 0.29) is 17.0 Å². The number of thiazole rings is 1. The number of anilines is 1. The lowest BCUT2D eigenvalue weighted by molar-refractivity contribution is -0.135. The zero-order valence-corrected chi connectivity index (χ0v) is 28.2. The van der Waals surface area contributed by atoms with Crippen LogP contribution in [0.4, 0.5) is 5.13 Å². The van der Waals surface area contributed by atoms with Crippen LogP contribution >= 0.6 is 27.3 Å². The molecule has 5 rings (SSSR count). The van der Waals surface area contributed by atoms with Gasteiger partial charge in [-0.25, -0.2) is 4.98 Å². The van der Waals surface area contributed by atoms with E-state index in [2.05, 4.69) is 109 Å². The largest absolute Gasteiger partial charge is 0.404 e. The average molecular weight is 658 g/mol. The number of nitrogens with zero attached hydrogens (tertiary/aromatic N) is 1. The van der Waals surface area contributed by atoms with Crippen LogP contribution in [0.15, 0.2) is 94.8 Å². The smallest absolute Gasteiger partial charge is 0.261 e. The van der Waals surface area contributed by atoms with E-state index in [4.69, 9.17) is 15.8 Å². The molecule has 1 aliphatic rings. The summed E-state index contributed by atoms with van der Waals surface area (Å²) in [5.74, 6) is 2.89. The molecule has 0 radical (unpaired) electrons. The lowest BCUT2D eigenvalue weighted by Gasteiger charge is -2.51. The Kier molecular flexibility index (Phi) is 8.39. The Labute approximate surface area is 263 Å². The average Bonchev–Trinajstić information content (AvgIpc) is 3.44. The molecule has 4 aromatic rings. The highest BCUT2D eigenvalue weighted by Gasteiger charge is 2.56. The zero-order valence-electron chi connectivity index (χ0n) is 24.8. The van der Waals surface area contributed by atoms with Crippen LogP contribution in [0, 0.1) is 17.8 Å². The summed E-state index contributed by atoms with van der Waals surface area (Å²) in [6.07, 6.45) is 7.30. The second-order valence-electron chi connectivity index (χ2n) is 12.6. The molecule has 0 spiro atoms. The lowest BCUT2D eigenvalue weighted by Crippen LogP contribution is -2.69. The van der Waals surface area contributed by atoms with Crippen LogP contribution < -0.4 is 15.7 Å². The molecular weight excluding hydrogens is 620 g/mol. The van der Waals surface area contributed by atoms with Gasteiger partial charge in [-0.1, -0.05) is 122 Å². The van der Waals surface area contributed by atoms with Crippen LogP contribution in [-0.2, 0) is 14.6 Å². The Morgan fingerprint density at radius 3 is 2.05 bits per heavy atom. The van der Waals surface area contributed by atoms with Crippen LogP contribution in [0.2, 0.25) is 5.04 Å². The van der Waals surface area contributed by atoms with Gasteiger partial charge in [0.15, 0.2) is 5.13 Å². The summed E-state index contributed by atoms with van der Waals surface area (Å²) in [4.78, 5) is 18.3. The Morgan fingerprint density at radius 2 is 1.55 bits per heavy atom. The van der Waals surface area contributed by atoms with Crippen LogP contribution in [0.3, 0.4) is 0 Å². The summed E-state index contributed by atoms with van der Waals surface area (Å²) in [5.41, 5.74) is 0.489. The van der Waals surface area contributed by atoms with Crippen molar-refractivity contribution in [1.29, 1.82) is 0 Å². The summed E-state index contributed by atoms with van der Waals surface area (Å²) in [6, 6.07) is 29.2. The van der Waals surface area contributed by atoms with Crippen LogP contribution in [0.25, 0.3) is 0 Å². The van der Waals surface area contributed by atoms with Crippen molar-refractivity contribution in [2.24, 2.45) is 5.41 Å². The molecule has 0 aliphatic heterocycles. The first-order chi connectivity index (χ1) is 19.9.